The van der Waals surface area contributed by atoms with Gasteiger partial charge in [0.25, 0.3) is 0 Å². The van der Waals surface area contributed by atoms with Crippen molar-refractivity contribution in [3.63, 3.8) is 0 Å². The topological polar surface area (TPSA) is 75.6 Å². The fourth-order valence-electron chi connectivity index (χ4n) is 1.28. The summed E-state index contributed by atoms with van der Waals surface area (Å²) in [5.41, 5.74) is 0. The summed E-state index contributed by atoms with van der Waals surface area (Å²) in [5.74, 6) is -0.0973. The van der Waals surface area contributed by atoms with E-state index in [2.05, 4.69) is 9.97 Å². The average Bonchev–Trinajstić information content (AvgIpc) is 2.28. The Morgan fingerprint density at radius 3 is 2.94 bits per heavy atom. The monoisotopic (exact) mass is 225 g/mol. The maximum atomic E-state index is 10.7. The first kappa shape index (κ1) is 12.2. The van der Waals surface area contributed by atoms with Crippen molar-refractivity contribution in [2.75, 3.05) is 25.1 Å². The normalized spacial score (nSPS) is 9.88. The van der Waals surface area contributed by atoms with Crippen molar-refractivity contribution in [2.45, 2.75) is 13.3 Å². The van der Waals surface area contributed by atoms with Crippen LogP contribution < -0.4 is 9.64 Å². The largest absolute Gasteiger partial charge is 0.481 e. The van der Waals surface area contributed by atoms with Crippen LogP contribution in [0.25, 0.3) is 0 Å². The number of anilines is 1. The second-order valence-electron chi connectivity index (χ2n) is 3.21. The quantitative estimate of drug-likeness (QED) is 0.771. The van der Waals surface area contributed by atoms with Gasteiger partial charge in [-0.15, -0.1) is 0 Å². The lowest BCUT2D eigenvalue weighted by atomic mass is 10.4. The van der Waals surface area contributed by atoms with Crippen molar-refractivity contribution in [3.05, 3.63) is 12.3 Å². The van der Waals surface area contributed by atoms with Crippen LogP contribution in [0.1, 0.15) is 13.3 Å². The molecule has 6 heteroatoms. The maximum absolute atomic E-state index is 10.7. The van der Waals surface area contributed by atoms with Gasteiger partial charge < -0.3 is 14.7 Å². The highest BCUT2D eigenvalue weighted by Crippen LogP contribution is 2.12. The summed E-state index contributed by atoms with van der Waals surface area (Å²) in [6, 6.07) is 1.62. The summed E-state index contributed by atoms with van der Waals surface area (Å²) in [7, 11) is 1.51. The third kappa shape index (κ3) is 3.38. The van der Waals surface area contributed by atoms with E-state index in [9.17, 15) is 4.79 Å². The Balaban J connectivity index is 2.86. The van der Waals surface area contributed by atoms with Gasteiger partial charge in [0, 0.05) is 18.8 Å². The molecular weight excluding hydrogens is 210 g/mol. The lowest BCUT2D eigenvalue weighted by Gasteiger charge is -2.19. The number of carbonyl (C=O) groups is 1. The van der Waals surface area contributed by atoms with Crippen LogP contribution in [0.15, 0.2) is 12.3 Å². The molecule has 0 aromatic carbocycles. The highest BCUT2D eigenvalue weighted by Gasteiger charge is 2.12. The molecule has 88 valence electrons. The Kier molecular flexibility index (Phi) is 4.50. The molecule has 1 rings (SSSR count). The minimum Gasteiger partial charge on any atom is -0.481 e. The average molecular weight is 225 g/mol. The van der Waals surface area contributed by atoms with Gasteiger partial charge in [0.2, 0.25) is 11.8 Å². The molecule has 0 radical (unpaired) electrons. The first-order chi connectivity index (χ1) is 7.67. The minimum absolute atomic E-state index is 0.110. The molecule has 0 aliphatic rings. The van der Waals surface area contributed by atoms with Crippen molar-refractivity contribution < 1.29 is 14.6 Å². The highest BCUT2D eigenvalue weighted by atomic mass is 16.5. The molecular formula is C10H15N3O3. The van der Waals surface area contributed by atoms with E-state index in [0.717, 1.165) is 6.42 Å². The summed E-state index contributed by atoms with van der Waals surface area (Å²) in [4.78, 5) is 20.4. The second-order valence-corrected chi connectivity index (χ2v) is 3.21. The molecule has 6 nitrogen and oxygen atoms in total. The standard InChI is InChI=1S/C10H15N3O3/c1-3-6-13(7-9(14)15)10-11-5-4-8(12-10)16-2/h4-5H,3,6-7H2,1-2H3,(H,14,15). The van der Waals surface area contributed by atoms with Crippen LogP contribution in [0.3, 0.4) is 0 Å². The van der Waals surface area contributed by atoms with E-state index >= 15 is 0 Å². The number of hydrogen-bond acceptors (Lipinski definition) is 5. The number of aromatic nitrogens is 2. The number of carboxylic acids is 1. The van der Waals surface area contributed by atoms with Crippen LogP contribution in [0.5, 0.6) is 5.88 Å². The van der Waals surface area contributed by atoms with Crippen molar-refractivity contribution in [1.82, 2.24) is 9.97 Å². The van der Waals surface area contributed by atoms with Crippen molar-refractivity contribution >= 4 is 11.9 Å². The molecule has 1 N–H and O–H groups in total. The summed E-state index contributed by atoms with van der Waals surface area (Å²) < 4.78 is 4.96. The molecule has 0 atom stereocenters. The SMILES string of the molecule is CCCN(CC(=O)O)c1nccc(OC)n1. The molecule has 0 saturated carbocycles. The molecule has 0 aliphatic heterocycles. The molecule has 0 spiro atoms. The van der Waals surface area contributed by atoms with Crippen LogP contribution in [-0.2, 0) is 4.79 Å². The third-order valence-corrected chi connectivity index (χ3v) is 1.93. The van der Waals surface area contributed by atoms with Gasteiger partial charge in [-0.3, -0.25) is 4.79 Å². The van der Waals surface area contributed by atoms with Crippen LogP contribution in [0.4, 0.5) is 5.95 Å². The molecule has 0 amide bonds. The Morgan fingerprint density at radius 1 is 1.62 bits per heavy atom. The van der Waals surface area contributed by atoms with Crippen LogP contribution in [-0.4, -0.2) is 41.2 Å². The number of ether oxygens (including phenoxy) is 1. The number of nitrogens with zero attached hydrogens (tertiary/aromatic N) is 3. The van der Waals surface area contributed by atoms with Crippen molar-refractivity contribution in [3.8, 4) is 5.88 Å². The van der Waals surface area contributed by atoms with E-state index in [0.29, 0.717) is 18.4 Å². The summed E-state index contributed by atoms with van der Waals surface area (Å²) in [5, 5.41) is 8.77. The molecule has 0 bridgehead atoms. The number of rotatable bonds is 6. The van der Waals surface area contributed by atoms with Crippen molar-refractivity contribution in [2.24, 2.45) is 0 Å². The van der Waals surface area contributed by atoms with Gasteiger partial charge in [-0.1, -0.05) is 6.92 Å². The number of methoxy groups -OCH3 is 1. The van der Waals surface area contributed by atoms with E-state index in [1.165, 1.54) is 7.11 Å². The molecule has 1 aromatic heterocycles. The van der Waals surface area contributed by atoms with Crippen molar-refractivity contribution in [1.29, 1.82) is 0 Å². The van der Waals surface area contributed by atoms with E-state index in [1.807, 2.05) is 6.92 Å². The zero-order chi connectivity index (χ0) is 12.0. The minimum atomic E-state index is -0.903. The zero-order valence-corrected chi connectivity index (χ0v) is 9.38. The number of aliphatic carboxylic acids is 1. The van der Waals surface area contributed by atoms with Gasteiger partial charge in [0.15, 0.2) is 0 Å². The van der Waals surface area contributed by atoms with E-state index in [-0.39, 0.29) is 6.54 Å². The van der Waals surface area contributed by atoms with Gasteiger partial charge in [-0.25, -0.2) is 4.98 Å². The van der Waals surface area contributed by atoms with E-state index < -0.39 is 5.97 Å². The van der Waals surface area contributed by atoms with Crippen LogP contribution >= 0.6 is 0 Å². The zero-order valence-electron chi connectivity index (χ0n) is 9.38. The lowest BCUT2D eigenvalue weighted by Crippen LogP contribution is -2.31. The second kappa shape index (κ2) is 5.89. The molecule has 0 unspecified atom stereocenters. The molecule has 0 saturated heterocycles. The van der Waals surface area contributed by atoms with Gasteiger partial charge in [-0.2, -0.15) is 4.98 Å². The van der Waals surface area contributed by atoms with Gasteiger partial charge in [0.1, 0.15) is 6.54 Å². The van der Waals surface area contributed by atoms with Gasteiger partial charge in [-0.05, 0) is 6.42 Å². The fourth-order valence-corrected chi connectivity index (χ4v) is 1.28. The smallest absolute Gasteiger partial charge is 0.323 e. The predicted molar refractivity (Wildman–Crippen MR) is 58.7 cm³/mol. The molecule has 0 aliphatic carbocycles. The Bertz CT molecular complexity index is 357. The highest BCUT2D eigenvalue weighted by molar-refractivity contribution is 5.72. The van der Waals surface area contributed by atoms with Gasteiger partial charge in [0.05, 0.1) is 7.11 Å². The Hall–Kier alpha value is -1.85. The lowest BCUT2D eigenvalue weighted by molar-refractivity contribution is -0.135. The Labute approximate surface area is 93.9 Å². The first-order valence-electron chi connectivity index (χ1n) is 5.01. The molecule has 1 heterocycles. The summed E-state index contributed by atoms with van der Waals surface area (Å²) in [6.07, 6.45) is 2.37. The third-order valence-electron chi connectivity index (χ3n) is 1.93. The number of carboxylic acid groups (broad SMARTS) is 1. The van der Waals surface area contributed by atoms with Crippen LogP contribution in [0, 0.1) is 0 Å². The Morgan fingerprint density at radius 2 is 2.38 bits per heavy atom. The van der Waals surface area contributed by atoms with Gasteiger partial charge >= 0.3 is 5.97 Å². The first-order valence-corrected chi connectivity index (χ1v) is 5.01. The number of hydrogen-bond donors (Lipinski definition) is 1. The molecule has 0 fully saturated rings. The van der Waals surface area contributed by atoms with E-state index in [1.54, 1.807) is 17.2 Å². The van der Waals surface area contributed by atoms with Crippen LogP contribution in [0.2, 0.25) is 0 Å². The fraction of sp³-hybridized carbons (Fsp3) is 0.500. The summed E-state index contributed by atoms with van der Waals surface area (Å²) in [6.45, 7) is 2.45. The molecule has 1 aromatic rings. The summed E-state index contributed by atoms with van der Waals surface area (Å²) >= 11 is 0. The molecule has 16 heavy (non-hydrogen) atoms. The maximum Gasteiger partial charge on any atom is 0.323 e. The van der Waals surface area contributed by atoms with E-state index in [4.69, 9.17) is 9.84 Å². The predicted octanol–water partition coefficient (Wildman–Crippen LogP) is 0.786.